The van der Waals surface area contributed by atoms with Crippen LogP contribution in [0.15, 0.2) is 66.0 Å². The van der Waals surface area contributed by atoms with E-state index in [-0.39, 0.29) is 24.0 Å². The number of benzene rings is 2. The van der Waals surface area contributed by atoms with Gasteiger partial charge in [0.15, 0.2) is 5.78 Å². The molecule has 0 bridgehead atoms. The topological polar surface area (TPSA) is 122 Å². The molecule has 4 unspecified atom stereocenters. The van der Waals surface area contributed by atoms with Crippen molar-refractivity contribution in [2.45, 2.75) is 18.0 Å². The van der Waals surface area contributed by atoms with Crippen molar-refractivity contribution in [3.05, 3.63) is 97.2 Å². The number of hydrogen-bond acceptors (Lipinski definition) is 8. The summed E-state index contributed by atoms with van der Waals surface area (Å²) in [5, 5.41) is 17.3. The number of carbonyl (C=O) groups excluding carboxylic acids is 3. The average Bonchev–Trinajstić information content (AvgIpc) is 3.65. The Bertz CT molecular complexity index is 1430. The van der Waals surface area contributed by atoms with E-state index in [2.05, 4.69) is 5.32 Å². The molecule has 10 nitrogen and oxygen atoms in total. The second-order valence-electron chi connectivity index (χ2n) is 10.00. The molecule has 0 aliphatic carbocycles. The first kappa shape index (κ1) is 28.9. The Kier molecular flexibility index (Phi) is 8.79. The average molecular weight is 597 g/mol. The number of amides is 2. The van der Waals surface area contributed by atoms with E-state index in [0.717, 1.165) is 0 Å². The number of nitro groups is 1. The molecule has 3 aromatic rings. The van der Waals surface area contributed by atoms with E-state index in [1.165, 1.54) is 41.5 Å². The largest absolute Gasteiger partial charge is 0.375 e. The molecule has 1 aromatic heterocycles. The lowest BCUT2D eigenvalue weighted by molar-refractivity contribution is -0.385. The summed E-state index contributed by atoms with van der Waals surface area (Å²) in [6.07, 6.45) is 0. The van der Waals surface area contributed by atoms with Gasteiger partial charge >= 0.3 is 0 Å². The maximum atomic E-state index is 14.4. The lowest BCUT2D eigenvalue weighted by atomic mass is 9.77. The van der Waals surface area contributed by atoms with Gasteiger partial charge < -0.3 is 19.9 Å². The highest BCUT2D eigenvalue weighted by atomic mass is 35.5. The molecule has 2 fully saturated rings. The smallest absolute Gasteiger partial charge is 0.269 e. The number of carbonyl (C=O) groups is 3. The monoisotopic (exact) mass is 596 g/mol. The number of piperazine rings is 1. The van der Waals surface area contributed by atoms with Crippen LogP contribution < -0.4 is 5.32 Å². The van der Waals surface area contributed by atoms with E-state index in [1.807, 2.05) is 0 Å². The summed E-state index contributed by atoms with van der Waals surface area (Å²) in [6, 6.07) is 14.3. The number of hydrogen-bond donors (Lipinski definition) is 1. The predicted octanol–water partition coefficient (Wildman–Crippen LogP) is 3.92. The maximum Gasteiger partial charge on any atom is 0.269 e. The minimum atomic E-state index is -1.06. The summed E-state index contributed by atoms with van der Waals surface area (Å²) >= 11 is 7.49. The van der Waals surface area contributed by atoms with Crippen LogP contribution in [0.4, 0.5) is 5.69 Å². The molecule has 0 radical (unpaired) electrons. The number of likely N-dealkylation sites (tertiary alicyclic amines) is 1. The predicted molar refractivity (Wildman–Crippen MR) is 154 cm³/mol. The number of ether oxygens (including phenoxy) is 1. The second-order valence-corrected chi connectivity index (χ2v) is 11.4. The highest BCUT2D eigenvalue weighted by Gasteiger charge is 2.58. The number of nitrogens with one attached hydrogen (secondary N) is 1. The first-order valence-corrected chi connectivity index (χ1v) is 14.4. The van der Waals surface area contributed by atoms with Crippen molar-refractivity contribution in [2.75, 3.05) is 39.9 Å². The van der Waals surface area contributed by atoms with Gasteiger partial charge in [0.05, 0.1) is 21.8 Å². The summed E-state index contributed by atoms with van der Waals surface area (Å²) < 4.78 is 5.23. The van der Waals surface area contributed by atoms with Crippen LogP contribution in [-0.4, -0.2) is 78.3 Å². The number of nitrogens with zero attached hydrogens (tertiary/aromatic N) is 3. The third kappa shape index (κ3) is 5.76. The molecular weight excluding hydrogens is 568 g/mol. The highest BCUT2D eigenvalue weighted by Crippen LogP contribution is 2.52. The number of non-ortho nitro benzene ring substituents is 1. The van der Waals surface area contributed by atoms with Gasteiger partial charge in [0, 0.05) is 56.4 Å². The molecule has 4 atom stereocenters. The van der Waals surface area contributed by atoms with Gasteiger partial charge in [0.1, 0.15) is 12.6 Å². The lowest BCUT2D eigenvalue weighted by Crippen LogP contribution is -2.55. The van der Waals surface area contributed by atoms with Gasteiger partial charge in [-0.05, 0) is 34.7 Å². The molecule has 1 N–H and O–H groups in total. The summed E-state index contributed by atoms with van der Waals surface area (Å²) in [5.74, 6) is -2.70. The zero-order chi connectivity index (χ0) is 29.1. The van der Waals surface area contributed by atoms with Crippen LogP contribution in [-0.2, 0) is 14.3 Å². The fourth-order valence-corrected chi connectivity index (χ4v) is 6.76. The fourth-order valence-electron chi connectivity index (χ4n) is 5.92. The molecule has 5 rings (SSSR count). The van der Waals surface area contributed by atoms with E-state index in [4.69, 9.17) is 16.3 Å². The molecule has 0 spiro atoms. The van der Waals surface area contributed by atoms with E-state index in [1.54, 1.807) is 52.7 Å². The highest BCUT2D eigenvalue weighted by molar-refractivity contribution is 7.12. The van der Waals surface area contributed by atoms with E-state index < -0.39 is 34.7 Å². The van der Waals surface area contributed by atoms with Crippen LogP contribution in [0.5, 0.6) is 0 Å². The van der Waals surface area contributed by atoms with Gasteiger partial charge in [-0.3, -0.25) is 24.5 Å². The Balaban J connectivity index is 1.76. The van der Waals surface area contributed by atoms with E-state index in [0.29, 0.717) is 47.2 Å². The minimum absolute atomic E-state index is 0.177. The molecule has 3 heterocycles. The molecular formula is C29H29ClN4O6S. The van der Waals surface area contributed by atoms with Crippen molar-refractivity contribution in [1.29, 1.82) is 0 Å². The van der Waals surface area contributed by atoms with Crippen molar-refractivity contribution < 1.29 is 24.0 Å². The number of halogens is 1. The lowest BCUT2D eigenvalue weighted by Gasteiger charge is -2.36. The Labute approximate surface area is 246 Å². The standard InChI is InChI=1S/C29H29ClN4O6S/c1-40-17-23(35)33-26(19-4-2-5-21(16-19)34(38)39)25(28(36)22-6-3-15-41-22)24(18-7-9-20(30)10-8-18)27(33)29(37)32-13-11-31-12-14-32/h2-10,15-16,24-27,31H,11-14,17H2,1H3. The Hall–Kier alpha value is -3.64. The minimum Gasteiger partial charge on any atom is -0.375 e. The van der Waals surface area contributed by atoms with Crippen molar-refractivity contribution in [3.8, 4) is 0 Å². The molecule has 12 heteroatoms. The number of methoxy groups -OCH3 is 1. The van der Waals surface area contributed by atoms with Crippen molar-refractivity contribution in [2.24, 2.45) is 5.92 Å². The van der Waals surface area contributed by atoms with Crippen molar-refractivity contribution >= 4 is 46.2 Å². The molecule has 214 valence electrons. The fraction of sp³-hybridized carbons (Fsp3) is 0.345. The van der Waals surface area contributed by atoms with Gasteiger partial charge in [-0.2, -0.15) is 0 Å². The van der Waals surface area contributed by atoms with Gasteiger partial charge in [0.25, 0.3) is 5.69 Å². The third-order valence-electron chi connectivity index (χ3n) is 7.65. The van der Waals surface area contributed by atoms with Crippen LogP contribution in [0.25, 0.3) is 0 Å². The van der Waals surface area contributed by atoms with Gasteiger partial charge in [-0.15, -0.1) is 11.3 Å². The maximum absolute atomic E-state index is 14.4. The molecule has 2 aromatic carbocycles. The van der Waals surface area contributed by atoms with Gasteiger partial charge in [-0.1, -0.05) is 41.9 Å². The van der Waals surface area contributed by atoms with Crippen LogP contribution >= 0.6 is 22.9 Å². The number of thiophene rings is 1. The van der Waals surface area contributed by atoms with Crippen LogP contribution in [0.2, 0.25) is 5.02 Å². The van der Waals surface area contributed by atoms with Crippen LogP contribution in [0, 0.1) is 16.0 Å². The molecule has 2 aliphatic rings. The number of nitro benzene ring substituents is 1. The third-order valence-corrected chi connectivity index (χ3v) is 8.78. The molecule has 2 aliphatic heterocycles. The number of Topliss-reactive ketones (excluding diaryl/α,β-unsaturated/α-hetero) is 1. The SMILES string of the molecule is COCC(=O)N1C(C(=O)N2CCNCC2)C(c2ccc(Cl)cc2)C(C(=O)c2cccs2)C1c1cccc([N+](=O)[O-])c1. The first-order valence-electron chi connectivity index (χ1n) is 13.2. The van der Waals surface area contributed by atoms with Gasteiger partial charge in [-0.25, -0.2) is 0 Å². The zero-order valence-electron chi connectivity index (χ0n) is 22.3. The number of rotatable bonds is 8. The Morgan fingerprint density at radius 2 is 1.80 bits per heavy atom. The first-order chi connectivity index (χ1) is 19.8. The summed E-state index contributed by atoms with van der Waals surface area (Å²) in [5.41, 5.74) is 0.887. The van der Waals surface area contributed by atoms with Crippen LogP contribution in [0.3, 0.4) is 0 Å². The quantitative estimate of drug-likeness (QED) is 0.238. The molecule has 0 saturated carbocycles. The van der Waals surface area contributed by atoms with E-state index >= 15 is 0 Å². The van der Waals surface area contributed by atoms with Gasteiger partial charge in [0.2, 0.25) is 11.8 Å². The normalized spacial score (nSPS) is 22.5. The number of ketones is 1. The van der Waals surface area contributed by atoms with Crippen molar-refractivity contribution in [3.63, 3.8) is 0 Å². The molecule has 2 amide bonds. The Morgan fingerprint density at radius 3 is 2.44 bits per heavy atom. The zero-order valence-corrected chi connectivity index (χ0v) is 23.8. The molecule has 2 saturated heterocycles. The van der Waals surface area contributed by atoms with Crippen LogP contribution in [0.1, 0.15) is 32.8 Å². The second kappa shape index (κ2) is 12.5. The summed E-state index contributed by atoms with van der Waals surface area (Å²) in [7, 11) is 1.38. The Morgan fingerprint density at radius 1 is 1.07 bits per heavy atom. The molecule has 41 heavy (non-hydrogen) atoms. The van der Waals surface area contributed by atoms with Crippen molar-refractivity contribution in [1.82, 2.24) is 15.1 Å². The van der Waals surface area contributed by atoms with E-state index in [9.17, 15) is 24.5 Å². The summed E-state index contributed by atoms with van der Waals surface area (Å²) in [6.45, 7) is 1.76. The summed E-state index contributed by atoms with van der Waals surface area (Å²) in [4.78, 5) is 57.5.